The largest absolute Gasteiger partial charge is 0.497 e. The summed E-state index contributed by atoms with van der Waals surface area (Å²) in [5, 5.41) is 0. The Labute approximate surface area is 175 Å². The standard InChI is InChI=1S/C23H25N5O2/c1-3-19-25-20-21(24)26-23(30-15-7-10-16-8-5-4-6-9-16)27-22(20)28(19)17-11-13-18(29-2)14-12-17/h4-6,8-9,11-14H,3,7,10,15H2,1-2H3,(H2,24,26,27). The van der Waals surface area contributed by atoms with E-state index in [0.29, 0.717) is 23.6 Å². The van der Waals surface area contributed by atoms with Crippen LogP contribution in [0.15, 0.2) is 54.6 Å². The topological polar surface area (TPSA) is 88.1 Å². The first-order valence-corrected chi connectivity index (χ1v) is 10.1. The maximum atomic E-state index is 6.19. The average Bonchev–Trinajstić information content (AvgIpc) is 3.17. The molecule has 2 N–H and O–H groups in total. The molecule has 0 bridgehead atoms. The van der Waals surface area contributed by atoms with E-state index in [4.69, 9.17) is 15.2 Å². The van der Waals surface area contributed by atoms with Gasteiger partial charge in [0, 0.05) is 12.1 Å². The summed E-state index contributed by atoms with van der Waals surface area (Å²) in [6.07, 6.45) is 2.53. The molecule has 0 fully saturated rings. The lowest BCUT2D eigenvalue weighted by Gasteiger charge is -2.10. The first-order valence-electron chi connectivity index (χ1n) is 10.1. The van der Waals surface area contributed by atoms with Gasteiger partial charge in [-0.2, -0.15) is 9.97 Å². The van der Waals surface area contributed by atoms with Gasteiger partial charge >= 0.3 is 6.01 Å². The Bertz CT molecular complexity index is 1120. The molecule has 7 heteroatoms. The van der Waals surface area contributed by atoms with Crippen molar-refractivity contribution in [1.29, 1.82) is 0 Å². The summed E-state index contributed by atoms with van der Waals surface area (Å²) in [4.78, 5) is 13.6. The minimum Gasteiger partial charge on any atom is -0.497 e. The summed E-state index contributed by atoms with van der Waals surface area (Å²) in [6.45, 7) is 2.56. The second-order valence-corrected chi connectivity index (χ2v) is 6.92. The Morgan fingerprint density at radius 3 is 2.43 bits per heavy atom. The summed E-state index contributed by atoms with van der Waals surface area (Å²) in [7, 11) is 1.65. The van der Waals surface area contributed by atoms with Crippen LogP contribution in [-0.2, 0) is 12.8 Å². The van der Waals surface area contributed by atoms with Crippen LogP contribution in [0.4, 0.5) is 5.82 Å². The minimum atomic E-state index is 0.269. The third-order valence-electron chi connectivity index (χ3n) is 4.91. The highest BCUT2D eigenvalue weighted by Crippen LogP contribution is 2.26. The van der Waals surface area contributed by atoms with E-state index in [2.05, 4.69) is 27.1 Å². The highest BCUT2D eigenvalue weighted by molar-refractivity contribution is 5.84. The molecule has 0 radical (unpaired) electrons. The normalized spacial score (nSPS) is 11.0. The number of anilines is 1. The zero-order chi connectivity index (χ0) is 20.9. The Morgan fingerprint density at radius 1 is 0.967 bits per heavy atom. The number of hydrogen-bond donors (Lipinski definition) is 1. The van der Waals surface area contributed by atoms with Gasteiger partial charge in [-0.3, -0.25) is 4.57 Å². The van der Waals surface area contributed by atoms with Gasteiger partial charge in [0.15, 0.2) is 17.0 Å². The number of benzene rings is 2. The number of rotatable bonds is 8. The van der Waals surface area contributed by atoms with Gasteiger partial charge in [0.25, 0.3) is 0 Å². The molecule has 2 heterocycles. The number of aryl methyl sites for hydroxylation is 2. The molecule has 154 valence electrons. The van der Waals surface area contributed by atoms with Crippen LogP contribution in [0.1, 0.15) is 24.7 Å². The molecule has 0 spiro atoms. The predicted molar refractivity (Wildman–Crippen MR) is 117 cm³/mol. The zero-order valence-corrected chi connectivity index (χ0v) is 17.2. The molecule has 4 rings (SSSR count). The lowest BCUT2D eigenvalue weighted by atomic mass is 10.1. The Kier molecular flexibility index (Phi) is 5.79. The fraction of sp³-hybridized carbons (Fsp3) is 0.261. The van der Waals surface area contributed by atoms with Crippen LogP contribution >= 0.6 is 0 Å². The molecule has 0 aliphatic rings. The lowest BCUT2D eigenvalue weighted by molar-refractivity contribution is 0.288. The first kappa shape index (κ1) is 19.7. The van der Waals surface area contributed by atoms with Crippen LogP contribution in [0, 0.1) is 0 Å². The van der Waals surface area contributed by atoms with E-state index < -0.39 is 0 Å². The molecule has 0 unspecified atom stereocenters. The molecule has 0 atom stereocenters. The maximum absolute atomic E-state index is 6.19. The van der Waals surface area contributed by atoms with Gasteiger partial charge in [-0.05, 0) is 42.7 Å². The highest BCUT2D eigenvalue weighted by Gasteiger charge is 2.17. The summed E-state index contributed by atoms with van der Waals surface area (Å²) in [6, 6.07) is 18.3. The molecular formula is C23H25N5O2. The Hall–Kier alpha value is -3.61. The first-order chi connectivity index (χ1) is 14.7. The van der Waals surface area contributed by atoms with E-state index in [1.54, 1.807) is 7.11 Å². The number of methoxy groups -OCH3 is 1. The summed E-state index contributed by atoms with van der Waals surface area (Å²) < 4.78 is 13.1. The number of fused-ring (bicyclic) bond motifs is 1. The molecule has 0 saturated carbocycles. The van der Waals surface area contributed by atoms with Crippen LogP contribution in [0.2, 0.25) is 0 Å². The predicted octanol–water partition coefficient (Wildman–Crippen LogP) is 3.98. The van der Waals surface area contributed by atoms with E-state index in [0.717, 1.165) is 36.5 Å². The van der Waals surface area contributed by atoms with Crippen molar-refractivity contribution in [2.75, 3.05) is 19.5 Å². The van der Waals surface area contributed by atoms with Crippen LogP contribution in [0.3, 0.4) is 0 Å². The molecule has 4 aromatic rings. The zero-order valence-electron chi connectivity index (χ0n) is 17.2. The van der Waals surface area contributed by atoms with E-state index in [9.17, 15) is 0 Å². The highest BCUT2D eigenvalue weighted by atomic mass is 16.5. The van der Waals surface area contributed by atoms with E-state index in [1.165, 1.54) is 5.56 Å². The summed E-state index contributed by atoms with van der Waals surface area (Å²) in [5.74, 6) is 1.97. The number of nitrogen functional groups attached to an aromatic ring is 1. The van der Waals surface area contributed by atoms with Crippen LogP contribution in [-0.4, -0.2) is 33.2 Å². The molecule has 0 saturated heterocycles. The number of imidazole rings is 1. The SMILES string of the molecule is CCc1nc2c(N)nc(OCCCc3ccccc3)nc2n1-c1ccc(OC)cc1. The molecule has 7 nitrogen and oxygen atoms in total. The van der Waals surface area contributed by atoms with E-state index >= 15 is 0 Å². The van der Waals surface area contributed by atoms with Crippen molar-refractivity contribution in [3.63, 3.8) is 0 Å². The van der Waals surface area contributed by atoms with Crippen molar-refractivity contribution in [2.45, 2.75) is 26.2 Å². The van der Waals surface area contributed by atoms with E-state index in [1.807, 2.05) is 54.0 Å². The molecule has 2 aromatic heterocycles. The van der Waals surface area contributed by atoms with Gasteiger partial charge in [0.05, 0.1) is 13.7 Å². The second kappa shape index (κ2) is 8.82. The van der Waals surface area contributed by atoms with Gasteiger partial charge in [-0.25, -0.2) is 4.98 Å². The molecule has 30 heavy (non-hydrogen) atoms. The Morgan fingerprint density at radius 2 is 1.73 bits per heavy atom. The van der Waals surface area contributed by atoms with Crippen molar-refractivity contribution in [2.24, 2.45) is 0 Å². The van der Waals surface area contributed by atoms with Gasteiger partial charge in [0.2, 0.25) is 0 Å². The summed E-state index contributed by atoms with van der Waals surface area (Å²) >= 11 is 0. The molecular weight excluding hydrogens is 378 g/mol. The third-order valence-corrected chi connectivity index (χ3v) is 4.91. The monoisotopic (exact) mass is 403 g/mol. The van der Waals surface area contributed by atoms with Crippen LogP contribution in [0.5, 0.6) is 11.8 Å². The van der Waals surface area contributed by atoms with Crippen molar-refractivity contribution in [1.82, 2.24) is 19.5 Å². The molecule has 2 aromatic carbocycles. The van der Waals surface area contributed by atoms with Crippen molar-refractivity contribution in [3.05, 3.63) is 66.0 Å². The van der Waals surface area contributed by atoms with Crippen molar-refractivity contribution >= 4 is 17.0 Å². The van der Waals surface area contributed by atoms with Gasteiger partial charge in [0.1, 0.15) is 11.6 Å². The second-order valence-electron chi connectivity index (χ2n) is 6.92. The van der Waals surface area contributed by atoms with Crippen molar-refractivity contribution < 1.29 is 9.47 Å². The van der Waals surface area contributed by atoms with Crippen LogP contribution in [0.25, 0.3) is 16.9 Å². The number of hydrogen-bond acceptors (Lipinski definition) is 6. The van der Waals surface area contributed by atoms with Gasteiger partial charge in [-0.1, -0.05) is 37.3 Å². The van der Waals surface area contributed by atoms with Gasteiger partial charge < -0.3 is 15.2 Å². The van der Waals surface area contributed by atoms with Gasteiger partial charge in [-0.15, -0.1) is 0 Å². The fourth-order valence-corrected chi connectivity index (χ4v) is 3.39. The minimum absolute atomic E-state index is 0.269. The number of nitrogens with zero attached hydrogens (tertiary/aromatic N) is 4. The number of ether oxygens (including phenoxy) is 2. The number of nitrogens with two attached hydrogens (primary N) is 1. The smallest absolute Gasteiger partial charge is 0.320 e. The maximum Gasteiger partial charge on any atom is 0.320 e. The van der Waals surface area contributed by atoms with Crippen molar-refractivity contribution in [3.8, 4) is 17.4 Å². The van der Waals surface area contributed by atoms with Crippen LogP contribution < -0.4 is 15.2 Å². The lowest BCUT2D eigenvalue weighted by Crippen LogP contribution is -2.06. The summed E-state index contributed by atoms with van der Waals surface area (Å²) in [5.41, 5.74) is 9.62. The molecule has 0 aliphatic carbocycles. The average molecular weight is 403 g/mol. The number of aromatic nitrogens is 4. The molecule has 0 amide bonds. The molecule has 0 aliphatic heterocycles. The third kappa shape index (κ3) is 4.05. The fourth-order valence-electron chi connectivity index (χ4n) is 3.39. The Balaban J connectivity index is 1.59. The quantitative estimate of drug-likeness (QED) is 0.448. The van der Waals surface area contributed by atoms with E-state index in [-0.39, 0.29) is 6.01 Å².